The molecule has 1 rings (SSSR count). The average molecular weight is 506 g/mol. The maximum Gasteiger partial charge on any atom is 0.326 e. The molecular formula is C27H43N3O6. The smallest absolute Gasteiger partial charge is 0.326 e. The van der Waals surface area contributed by atoms with Crippen LogP contribution in [-0.2, 0) is 25.6 Å². The second-order valence-electron chi connectivity index (χ2n) is 9.63. The van der Waals surface area contributed by atoms with Crippen LogP contribution in [0.4, 0.5) is 0 Å². The molecule has 36 heavy (non-hydrogen) atoms. The molecule has 0 aromatic heterocycles. The highest BCUT2D eigenvalue weighted by Crippen LogP contribution is 2.16. The Balaban J connectivity index is 0.00000222. The van der Waals surface area contributed by atoms with Crippen LogP contribution in [0.1, 0.15) is 65.9 Å². The number of aliphatic imine (C=N–C) groups is 1. The molecule has 0 fully saturated rings. The Labute approximate surface area is 215 Å². The van der Waals surface area contributed by atoms with E-state index in [2.05, 4.69) is 17.2 Å². The molecule has 3 N–H and O–H groups in total. The molecule has 2 amide bonds. The van der Waals surface area contributed by atoms with Crippen LogP contribution >= 0.6 is 0 Å². The number of amides is 2. The zero-order valence-corrected chi connectivity index (χ0v) is 22.4. The number of nitrogens with zero attached hydrogens (tertiary/aromatic N) is 2. The van der Waals surface area contributed by atoms with Gasteiger partial charge in [0.25, 0.3) is 0 Å². The summed E-state index contributed by atoms with van der Waals surface area (Å²) in [7, 11) is 1.48. The van der Waals surface area contributed by atoms with Gasteiger partial charge >= 0.3 is 5.97 Å². The normalized spacial score (nSPS) is 13.0. The number of carboxylic acid groups (broad SMARTS) is 1. The number of aliphatic hydroxyl groups excluding tert-OH is 1. The first kappa shape index (κ1) is 33.0. The average Bonchev–Trinajstić information content (AvgIpc) is 2.82. The van der Waals surface area contributed by atoms with E-state index in [4.69, 9.17) is 5.11 Å². The number of hydrogen-bond acceptors (Lipinski definition) is 6. The van der Waals surface area contributed by atoms with Crippen molar-refractivity contribution in [1.82, 2.24) is 10.2 Å². The van der Waals surface area contributed by atoms with Gasteiger partial charge in [-0.15, -0.1) is 0 Å². The van der Waals surface area contributed by atoms with Gasteiger partial charge in [0.15, 0.2) is 0 Å². The number of unbranched alkanes of at least 4 members (excludes halogenated alkanes) is 1. The van der Waals surface area contributed by atoms with E-state index >= 15 is 0 Å². The number of aliphatic carboxylic acids is 1. The molecule has 0 radical (unpaired) electrons. The van der Waals surface area contributed by atoms with E-state index in [1.165, 1.54) is 18.0 Å². The molecule has 0 bridgehead atoms. The van der Waals surface area contributed by atoms with Gasteiger partial charge in [-0.3, -0.25) is 9.59 Å². The van der Waals surface area contributed by atoms with Crippen molar-refractivity contribution in [3.05, 3.63) is 35.9 Å². The minimum Gasteiger partial charge on any atom is -0.480 e. The lowest BCUT2D eigenvalue weighted by Gasteiger charge is -2.31. The van der Waals surface area contributed by atoms with Gasteiger partial charge in [-0.25, -0.2) is 9.59 Å². The lowest BCUT2D eigenvalue weighted by atomic mass is 9.98. The van der Waals surface area contributed by atoms with Crippen LogP contribution in [0.15, 0.2) is 35.3 Å². The van der Waals surface area contributed by atoms with Crippen molar-refractivity contribution in [2.45, 2.75) is 84.8 Å². The highest BCUT2D eigenvalue weighted by molar-refractivity contribution is 5.92. The third kappa shape index (κ3) is 13.2. The van der Waals surface area contributed by atoms with Crippen molar-refractivity contribution in [2.24, 2.45) is 16.8 Å². The molecule has 1 aromatic rings. The quantitative estimate of drug-likeness (QED) is 0.262. The van der Waals surface area contributed by atoms with Gasteiger partial charge in [0.2, 0.25) is 17.9 Å². The second kappa shape index (κ2) is 18.3. The highest BCUT2D eigenvalue weighted by atomic mass is 16.4. The molecule has 0 spiro atoms. The molecule has 1 aromatic carbocycles. The summed E-state index contributed by atoms with van der Waals surface area (Å²) in [5.74, 6) is -2.01. The van der Waals surface area contributed by atoms with Crippen LogP contribution < -0.4 is 5.32 Å². The monoisotopic (exact) mass is 505 g/mol. The summed E-state index contributed by atoms with van der Waals surface area (Å²) < 4.78 is 0. The molecule has 0 heterocycles. The molecule has 0 saturated carbocycles. The van der Waals surface area contributed by atoms with Crippen molar-refractivity contribution in [2.75, 3.05) is 13.7 Å². The zero-order chi connectivity index (χ0) is 27.7. The largest absolute Gasteiger partial charge is 0.480 e. The van der Waals surface area contributed by atoms with Gasteiger partial charge in [-0.2, -0.15) is 4.99 Å². The van der Waals surface area contributed by atoms with Crippen LogP contribution in [-0.4, -0.2) is 70.8 Å². The summed E-state index contributed by atoms with van der Waals surface area (Å²) in [6, 6.07) is 6.18. The number of carbonyl (C=O) groups is 3. The van der Waals surface area contributed by atoms with Gasteiger partial charge < -0.3 is 20.4 Å². The summed E-state index contributed by atoms with van der Waals surface area (Å²) in [5, 5.41) is 20.1. The fraction of sp³-hybridized carbons (Fsp3) is 0.630. The third-order valence-corrected chi connectivity index (χ3v) is 5.41. The molecule has 9 heteroatoms. The number of rotatable bonds is 14. The topological polar surface area (TPSA) is 136 Å². The van der Waals surface area contributed by atoms with E-state index in [9.17, 15) is 24.3 Å². The lowest BCUT2D eigenvalue weighted by Crippen LogP contribution is -2.54. The van der Waals surface area contributed by atoms with Crippen LogP contribution in [0.3, 0.4) is 0 Å². The molecular weight excluding hydrogens is 462 g/mol. The van der Waals surface area contributed by atoms with Crippen molar-refractivity contribution < 1.29 is 29.4 Å². The second-order valence-corrected chi connectivity index (χ2v) is 9.63. The predicted octanol–water partition coefficient (Wildman–Crippen LogP) is 3.20. The van der Waals surface area contributed by atoms with E-state index in [-0.39, 0.29) is 24.7 Å². The first-order chi connectivity index (χ1) is 17.0. The Hall–Kier alpha value is -3.03. The van der Waals surface area contributed by atoms with E-state index < -0.39 is 35.9 Å². The fourth-order valence-electron chi connectivity index (χ4n) is 3.48. The Kier molecular flexibility index (Phi) is 16.7. The standard InChI is InChI=1S/C23H33N3O5.C4H10O/c1-15(2)11-19(23(30)31)25-21(28)20(12-16(3)4)26(5)22(29)18(24-14-27)13-17-9-7-6-8-10-17;1-2-3-4-5/h6-10,15-16,18-20H,11-13H2,1-5H3,(H,25,28)(H,30,31);5H,2-4H2,1H3. The maximum atomic E-state index is 13.1. The van der Waals surface area contributed by atoms with E-state index in [1.54, 1.807) is 0 Å². The molecule has 202 valence electrons. The van der Waals surface area contributed by atoms with E-state index in [1.807, 2.05) is 58.0 Å². The van der Waals surface area contributed by atoms with E-state index in [0.717, 1.165) is 18.4 Å². The van der Waals surface area contributed by atoms with Crippen LogP contribution in [0.5, 0.6) is 0 Å². The van der Waals surface area contributed by atoms with Crippen LogP contribution in [0.25, 0.3) is 0 Å². The number of nitrogens with one attached hydrogen (secondary N) is 1. The summed E-state index contributed by atoms with van der Waals surface area (Å²) in [4.78, 5) is 53.5. The SMILES string of the molecule is CC(C)CC(NC(=O)C(CC(C)C)N(C)C(=O)C(Cc1ccccc1)N=C=O)C(=O)O.CCCCO. The number of carbonyl (C=O) groups excluding carboxylic acids is 3. The molecule has 9 nitrogen and oxygen atoms in total. The Bertz CT molecular complexity index is 835. The molecule has 3 unspecified atom stereocenters. The molecule has 3 atom stereocenters. The van der Waals surface area contributed by atoms with Gasteiger partial charge in [-0.05, 0) is 36.7 Å². The number of aliphatic hydroxyl groups is 1. The summed E-state index contributed by atoms with van der Waals surface area (Å²) >= 11 is 0. The predicted molar refractivity (Wildman–Crippen MR) is 139 cm³/mol. The van der Waals surface area contributed by atoms with Gasteiger partial charge in [0, 0.05) is 20.1 Å². The number of isocyanates is 1. The number of benzene rings is 1. The molecule has 0 aliphatic carbocycles. The Morgan fingerprint density at radius 3 is 2.06 bits per heavy atom. The molecule has 0 aliphatic rings. The van der Waals surface area contributed by atoms with Crippen molar-refractivity contribution in [3.63, 3.8) is 0 Å². The number of hydrogen-bond donors (Lipinski definition) is 3. The first-order valence-electron chi connectivity index (χ1n) is 12.5. The first-order valence-corrected chi connectivity index (χ1v) is 12.5. The summed E-state index contributed by atoms with van der Waals surface area (Å²) in [5.41, 5.74) is 0.820. The Morgan fingerprint density at radius 1 is 1.06 bits per heavy atom. The zero-order valence-electron chi connectivity index (χ0n) is 22.4. The summed E-state index contributed by atoms with van der Waals surface area (Å²) in [6.07, 6.45) is 4.30. The lowest BCUT2D eigenvalue weighted by molar-refractivity contribution is -0.145. The number of carboxylic acids is 1. The van der Waals surface area contributed by atoms with Crippen molar-refractivity contribution >= 4 is 23.9 Å². The Morgan fingerprint density at radius 2 is 1.64 bits per heavy atom. The highest BCUT2D eigenvalue weighted by Gasteiger charge is 2.34. The minimum absolute atomic E-state index is 0.0708. The minimum atomic E-state index is -1.12. The third-order valence-electron chi connectivity index (χ3n) is 5.41. The summed E-state index contributed by atoms with van der Waals surface area (Å²) in [6.45, 7) is 9.95. The molecule has 0 saturated heterocycles. The van der Waals surface area contributed by atoms with Gasteiger partial charge in [-0.1, -0.05) is 71.4 Å². The van der Waals surface area contributed by atoms with Crippen LogP contribution in [0, 0.1) is 11.8 Å². The number of likely N-dealkylation sites (N-methyl/N-ethyl adjacent to an activating group) is 1. The van der Waals surface area contributed by atoms with E-state index in [0.29, 0.717) is 13.0 Å². The molecule has 0 aliphatic heterocycles. The van der Waals surface area contributed by atoms with Crippen molar-refractivity contribution in [1.29, 1.82) is 0 Å². The van der Waals surface area contributed by atoms with Crippen LogP contribution in [0.2, 0.25) is 0 Å². The van der Waals surface area contributed by atoms with Crippen molar-refractivity contribution in [3.8, 4) is 0 Å². The fourth-order valence-corrected chi connectivity index (χ4v) is 3.48. The van der Waals surface area contributed by atoms with Gasteiger partial charge in [0.1, 0.15) is 18.1 Å². The maximum absolute atomic E-state index is 13.1. The van der Waals surface area contributed by atoms with Gasteiger partial charge in [0.05, 0.1) is 0 Å².